The third-order valence-corrected chi connectivity index (χ3v) is 4.63. The number of fused-ring (bicyclic) bond motifs is 1. The van der Waals surface area contributed by atoms with E-state index in [2.05, 4.69) is 14.9 Å². The fourth-order valence-corrected chi connectivity index (χ4v) is 3.46. The number of rotatable bonds is 3. The quantitative estimate of drug-likeness (QED) is 0.460. The number of hydrogen-bond acceptors (Lipinski definition) is 5. The van der Waals surface area contributed by atoms with Crippen LogP contribution in [0.15, 0.2) is 35.1 Å². The third-order valence-electron chi connectivity index (χ3n) is 3.57. The molecule has 23 heavy (non-hydrogen) atoms. The summed E-state index contributed by atoms with van der Waals surface area (Å²) in [6.07, 6.45) is 3.75. The van der Waals surface area contributed by atoms with E-state index in [1.54, 1.807) is 0 Å². The molecule has 1 fully saturated rings. The van der Waals surface area contributed by atoms with E-state index in [0.29, 0.717) is 5.01 Å². The molecule has 2 heterocycles. The number of aromatic nitrogens is 1. The Morgan fingerprint density at radius 2 is 2.22 bits per heavy atom. The van der Waals surface area contributed by atoms with Crippen molar-refractivity contribution in [1.29, 1.82) is 0 Å². The molecule has 2 aromatic rings. The Bertz CT molecular complexity index is 735. The van der Waals surface area contributed by atoms with Crippen molar-refractivity contribution in [2.75, 3.05) is 20.1 Å². The molecule has 1 N–H and O–H groups in total. The van der Waals surface area contributed by atoms with Gasteiger partial charge in [0.15, 0.2) is 0 Å². The van der Waals surface area contributed by atoms with Crippen LogP contribution in [0.3, 0.4) is 0 Å². The molecule has 1 aliphatic heterocycles. The van der Waals surface area contributed by atoms with Gasteiger partial charge in [-0.25, -0.2) is 0 Å². The van der Waals surface area contributed by atoms with Crippen molar-refractivity contribution in [1.82, 2.24) is 9.88 Å². The minimum atomic E-state index is -0.0423. The molecule has 0 amide bonds. The minimum absolute atomic E-state index is 0. The third kappa shape index (κ3) is 4.28. The van der Waals surface area contributed by atoms with Crippen LogP contribution in [0.5, 0.6) is 0 Å². The predicted molar refractivity (Wildman–Crippen MR) is 90.7 cm³/mol. The number of thiazole rings is 1. The van der Waals surface area contributed by atoms with Gasteiger partial charge in [0.05, 0.1) is 11.8 Å². The summed E-state index contributed by atoms with van der Waals surface area (Å²) in [6.45, 7) is 1.79. The number of hydrogen-bond donors (Lipinski definition) is 0. The van der Waals surface area contributed by atoms with Gasteiger partial charge in [0.1, 0.15) is 0 Å². The summed E-state index contributed by atoms with van der Waals surface area (Å²) in [5.41, 5.74) is 10.0. The number of likely N-dealkylation sites (tertiary alicyclic amines) is 1. The van der Waals surface area contributed by atoms with Gasteiger partial charge in [-0.2, -0.15) is 17.2 Å². The zero-order chi connectivity index (χ0) is 15.5. The maximum atomic E-state index is 11.3. The number of para-hydroxylation sites is 1. The Labute approximate surface area is 161 Å². The molecule has 1 aromatic heterocycles. The van der Waals surface area contributed by atoms with Gasteiger partial charge < -0.3 is 25.4 Å². The van der Waals surface area contributed by atoms with Gasteiger partial charge in [0, 0.05) is 16.3 Å². The minimum Gasteiger partial charge on any atom is -0.543 e. The molecule has 7 heteroatoms. The average molecular weight is 335 g/mol. The summed E-state index contributed by atoms with van der Waals surface area (Å²) in [5, 5.41) is 0.509. The molecule has 1 aliphatic rings. The van der Waals surface area contributed by atoms with Gasteiger partial charge in [0.25, 0.3) is 0 Å². The van der Waals surface area contributed by atoms with Crippen LogP contribution in [0.25, 0.3) is 21.5 Å². The molecule has 0 bridgehead atoms. The van der Waals surface area contributed by atoms with E-state index in [4.69, 9.17) is 5.73 Å². The van der Waals surface area contributed by atoms with Gasteiger partial charge in [-0.15, -0.1) is 5.57 Å². The predicted octanol–water partition coefficient (Wildman–Crippen LogP) is 0.297. The Kier molecular flexibility index (Phi) is 6.50. The van der Waals surface area contributed by atoms with Crippen molar-refractivity contribution in [3.8, 4) is 0 Å². The summed E-state index contributed by atoms with van der Waals surface area (Å²) >= 11 is 1.39. The second-order valence-electron chi connectivity index (χ2n) is 5.33. The first-order chi connectivity index (χ1) is 10.7. The molecule has 0 saturated carbocycles. The monoisotopic (exact) mass is 335 g/mol. The van der Waals surface area contributed by atoms with Crippen molar-refractivity contribution in [3.05, 3.63) is 40.8 Å². The van der Waals surface area contributed by atoms with E-state index in [0.717, 1.165) is 41.9 Å². The Morgan fingerprint density at radius 1 is 1.43 bits per heavy atom. The molecule has 1 saturated heterocycles. The van der Waals surface area contributed by atoms with Crippen molar-refractivity contribution in [2.45, 2.75) is 12.8 Å². The molecule has 5 nitrogen and oxygen atoms in total. The van der Waals surface area contributed by atoms with Crippen LogP contribution < -0.4 is 29.6 Å². The van der Waals surface area contributed by atoms with E-state index < -0.39 is 0 Å². The number of aliphatic imine (C=N–C) groups is 1. The fraction of sp³-hybridized carbons (Fsp3) is 0.312. The summed E-state index contributed by atoms with van der Waals surface area (Å²) in [4.78, 5) is 22.2. The fourth-order valence-electron chi connectivity index (χ4n) is 2.50. The topological polar surface area (TPSA) is 69.4 Å². The van der Waals surface area contributed by atoms with Crippen LogP contribution in [0.2, 0.25) is 0 Å². The second-order valence-corrected chi connectivity index (χ2v) is 6.36. The van der Waals surface area contributed by atoms with Crippen molar-refractivity contribution in [2.24, 2.45) is 4.99 Å². The standard InChI is InChI=1S/C16H16N4OS.Na/c1-20-8-4-5-11(9-20)18-15(17)12(10-21)16-19-13-6-2-3-7-14(13)22-16;/h2-3,6-7,17H,4-5,8-9H2,1H3;/q-2;+1/b15-12-,18-11-;. The Hall–Kier alpha value is -1.05. The molecular formula is C16H16N4NaOS-. The van der Waals surface area contributed by atoms with Gasteiger partial charge in [-0.05, 0) is 38.6 Å². The smallest absolute Gasteiger partial charge is 0.543 e. The summed E-state index contributed by atoms with van der Waals surface area (Å²) < 4.78 is 0.989. The molecule has 0 spiro atoms. The first kappa shape index (κ1) is 18.3. The summed E-state index contributed by atoms with van der Waals surface area (Å²) in [7, 11) is 2.03. The van der Waals surface area contributed by atoms with Crippen molar-refractivity contribution in [3.63, 3.8) is 0 Å². The number of nitrogens with zero attached hydrogens (tertiary/aromatic N) is 3. The molecule has 114 valence electrons. The second kappa shape index (κ2) is 8.17. The maximum Gasteiger partial charge on any atom is 1.00 e. The van der Waals surface area contributed by atoms with Gasteiger partial charge in [-0.1, -0.05) is 17.8 Å². The Morgan fingerprint density at radius 3 is 2.91 bits per heavy atom. The maximum absolute atomic E-state index is 11.3. The van der Waals surface area contributed by atoms with Crippen LogP contribution >= 0.6 is 11.3 Å². The molecular weight excluding hydrogens is 319 g/mol. The first-order valence-electron chi connectivity index (χ1n) is 7.12. The molecule has 0 atom stereocenters. The number of piperidine rings is 1. The first-order valence-corrected chi connectivity index (χ1v) is 7.94. The molecule has 0 radical (unpaired) electrons. The van der Waals surface area contributed by atoms with Crippen LogP contribution in [0.1, 0.15) is 17.8 Å². The zero-order valence-electron chi connectivity index (χ0n) is 13.3. The molecule has 3 rings (SSSR count). The van der Waals surface area contributed by atoms with Crippen LogP contribution in [-0.4, -0.2) is 42.0 Å². The normalized spacial score (nSPS) is 18.6. The largest absolute Gasteiger partial charge is 1.00 e. The SMILES string of the molecule is CN1CCC/C(=N/C([NH-])=C(/[C-]=O)c2nc3ccccc3s2)C1.[Na+]. The molecule has 0 aliphatic carbocycles. The summed E-state index contributed by atoms with van der Waals surface area (Å²) in [6, 6.07) is 7.67. The van der Waals surface area contributed by atoms with Crippen LogP contribution in [-0.2, 0) is 4.79 Å². The number of benzene rings is 1. The van der Waals surface area contributed by atoms with Gasteiger partial charge >= 0.3 is 29.6 Å². The number of carbonyl (C=O) groups excluding carboxylic acids is 1. The number of nitrogens with one attached hydrogen (secondary N) is 1. The van der Waals surface area contributed by atoms with E-state index in [1.165, 1.54) is 11.3 Å². The van der Waals surface area contributed by atoms with Crippen LogP contribution in [0.4, 0.5) is 0 Å². The van der Waals surface area contributed by atoms with E-state index in [1.807, 2.05) is 37.6 Å². The van der Waals surface area contributed by atoms with Crippen molar-refractivity contribution < 1.29 is 34.4 Å². The van der Waals surface area contributed by atoms with Gasteiger partial charge in [-0.3, -0.25) is 0 Å². The Balaban J connectivity index is 0.00000192. The molecule has 0 unspecified atom stereocenters. The molecule has 1 aromatic carbocycles. The zero-order valence-corrected chi connectivity index (χ0v) is 16.1. The van der Waals surface area contributed by atoms with Crippen LogP contribution in [0, 0.1) is 0 Å². The van der Waals surface area contributed by atoms with E-state index in [9.17, 15) is 4.79 Å². The average Bonchev–Trinajstić information content (AvgIpc) is 2.91. The summed E-state index contributed by atoms with van der Waals surface area (Å²) in [5.74, 6) is -0.0423. The van der Waals surface area contributed by atoms with E-state index in [-0.39, 0.29) is 41.0 Å². The van der Waals surface area contributed by atoms with Gasteiger partial charge in [0.2, 0.25) is 0 Å². The number of allylic oxidation sites excluding steroid dienone is 1. The van der Waals surface area contributed by atoms with Crippen molar-refractivity contribution >= 4 is 39.1 Å². The van der Waals surface area contributed by atoms with E-state index >= 15 is 0 Å².